The van der Waals surface area contributed by atoms with Crippen molar-refractivity contribution in [2.24, 2.45) is 7.05 Å². The number of benzene rings is 1. The van der Waals surface area contributed by atoms with Crippen LogP contribution in [0.15, 0.2) is 24.4 Å². The molecule has 0 unspecified atom stereocenters. The van der Waals surface area contributed by atoms with Crippen molar-refractivity contribution in [3.63, 3.8) is 0 Å². The van der Waals surface area contributed by atoms with Gasteiger partial charge in [0, 0.05) is 18.6 Å². The molecule has 0 bridgehead atoms. The van der Waals surface area contributed by atoms with Crippen molar-refractivity contribution >= 4 is 10.9 Å². The lowest BCUT2D eigenvalue weighted by molar-refractivity contribution is 0.575. The van der Waals surface area contributed by atoms with Gasteiger partial charge in [0.1, 0.15) is 5.82 Å². The Morgan fingerprint density at radius 2 is 1.87 bits per heavy atom. The van der Waals surface area contributed by atoms with Gasteiger partial charge in [0.05, 0.1) is 5.52 Å². The molecular formula is C13H16FN. The first-order chi connectivity index (χ1) is 6.89. The second-order valence-corrected chi connectivity index (χ2v) is 5.07. The van der Waals surface area contributed by atoms with Crippen LogP contribution >= 0.6 is 0 Å². The van der Waals surface area contributed by atoms with E-state index in [-0.39, 0.29) is 11.2 Å². The van der Waals surface area contributed by atoms with Crippen molar-refractivity contribution in [2.75, 3.05) is 0 Å². The second kappa shape index (κ2) is 3.09. The third kappa shape index (κ3) is 1.65. The molecule has 0 saturated carbocycles. The standard InChI is InChI=1S/C13H16FN/c1-13(2,3)10-7-9-5-6-15(4)12(9)11(14)8-10/h5-8H,1-4H3. The maximum Gasteiger partial charge on any atom is 0.147 e. The van der Waals surface area contributed by atoms with Gasteiger partial charge in [0.15, 0.2) is 0 Å². The lowest BCUT2D eigenvalue weighted by atomic mass is 9.86. The van der Waals surface area contributed by atoms with Gasteiger partial charge in [-0.2, -0.15) is 0 Å². The van der Waals surface area contributed by atoms with Crippen molar-refractivity contribution in [1.82, 2.24) is 4.57 Å². The van der Waals surface area contributed by atoms with Crippen LogP contribution in [0.5, 0.6) is 0 Å². The summed E-state index contributed by atoms with van der Waals surface area (Å²) in [6, 6.07) is 5.66. The molecule has 0 atom stereocenters. The van der Waals surface area contributed by atoms with E-state index in [0.29, 0.717) is 5.52 Å². The lowest BCUT2D eigenvalue weighted by Crippen LogP contribution is -2.11. The van der Waals surface area contributed by atoms with Crippen LogP contribution in [0.4, 0.5) is 4.39 Å². The van der Waals surface area contributed by atoms with Crippen LogP contribution in [0.1, 0.15) is 26.3 Å². The normalized spacial score (nSPS) is 12.3. The van der Waals surface area contributed by atoms with E-state index in [4.69, 9.17) is 0 Å². The van der Waals surface area contributed by atoms with Gasteiger partial charge in [0.25, 0.3) is 0 Å². The van der Waals surface area contributed by atoms with E-state index in [2.05, 4.69) is 26.8 Å². The Kier molecular flexibility index (Phi) is 2.10. The Labute approximate surface area is 89.5 Å². The fraction of sp³-hybridized carbons (Fsp3) is 0.385. The number of aryl methyl sites for hydroxylation is 1. The third-order valence-corrected chi connectivity index (χ3v) is 2.79. The zero-order chi connectivity index (χ0) is 11.2. The highest BCUT2D eigenvalue weighted by atomic mass is 19.1. The number of hydrogen-bond donors (Lipinski definition) is 0. The molecule has 1 heterocycles. The van der Waals surface area contributed by atoms with Gasteiger partial charge >= 0.3 is 0 Å². The van der Waals surface area contributed by atoms with Gasteiger partial charge in [-0.05, 0) is 29.2 Å². The quantitative estimate of drug-likeness (QED) is 0.619. The Morgan fingerprint density at radius 1 is 1.20 bits per heavy atom. The van der Waals surface area contributed by atoms with Crippen molar-refractivity contribution in [3.05, 3.63) is 35.8 Å². The van der Waals surface area contributed by atoms with Gasteiger partial charge in [0.2, 0.25) is 0 Å². The van der Waals surface area contributed by atoms with E-state index < -0.39 is 0 Å². The van der Waals surface area contributed by atoms with Crippen molar-refractivity contribution in [1.29, 1.82) is 0 Å². The summed E-state index contributed by atoms with van der Waals surface area (Å²) in [6.07, 6.45) is 1.89. The maximum absolute atomic E-state index is 13.9. The molecule has 2 aromatic rings. The van der Waals surface area contributed by atoms with E-state index in [1.807, 2.05) is 23.9 Å². The molecule has 0 aliphatic heterocycles. The topological polar surface area (TPSA) is 4.93 Å². The van der Waals surface area contributed by atoms with Crippen LogP contribution in [-0.2, 0) is 12.5 Å². The van der Waals surface area contributed by atoms with Crippen LogP contribution < -0.4 is 0 Å². The van der Waals surface area contributed by atoms with E-state index >= 15 is 0 Å². The highest BCUT2D eigenvalue weighted by molar-refractivity contribution is 5.81. The molecule has 1 aromatic carbocycles. The van der Waals surface area contributed by atoms with Crippen molar-refractivity contribution in [3.8, 4) is 0 Å². The van der Waals surface area contributed by atoms with Crippen molar-refractivity contribution in [2.45, 2.75) is 26.2 Å². The van der Waals surface area contributed by atoms with E-state index in [9.17, 15) is 4.39 Å². The second-order valence-electron chi connectivity index (χ2n) is 5.07. The minimum Gasteiger partial charge on any atom is -0.348 e. The zero-order valence-electron chi connectivity index (χ0n) is 9.63. The van der Waals surface area contributed by atoms with Crippen LogP contribution in [0, 0.1) is 5.82 Å². The molecule has 0 radical (unpaired) electrons. The SMILES string of the molecule is Cn1ccc2cc(C(C)(C)C)cc(F)c21. The van der Waals surface area contributed by atoms with Crippen molar-refractivity contribution < 1.29 is 4.39 Å². The summed E-state index contributed by atoms with van der Waals surface area (Å²) in [5.41, 5.74) is 1.71. The number of aromatic nitrogens is 1. The number of nitrogens with zero attached hydrogens (tertiary/aromatic N) is 1. The van der Waals surface area contributed by atoms with Crippen LogP contribution in [0.2, 0.25) is 0 Å². The molecule has 0 fully saturated rings. The molecule has 0 aliphatic carbocycles. The predicted molar refractivity (Wildman–Crippen MR) is 61.6 cm³/mol. The first-order valence-corrected chi connectivity index (χ1v) is 5.14. The summed E-state index contributed by atoms with van der Waals surface area (Å²) < 4.78 is 15.7. The predicted octanol–water partition coefficient (Wildman–Crippen LogP) is 3.61. The summed E-state index contributed by atoms with van der Waals surface area (Å²) in [5, 5.41) is 0.974. The summed E-state index contributed by atoms with van der Waals surface area (Å²) in [7, 11) is 1.86. The summed E-state index contributed by atoms with van der Waals surface area (Å²) in [5.74, 6) is -0.134. The van der Waals surface area contributed by atoms with Gasteiger partial charge in [-0.1, -0.05) is 20.8 Å². The molecule has 2 rings (SSSR count). The number of hydrogen-bond acceptors (Lipinski definition) is 0. The van der Waals surface area contributed by atoms with Gasteiger partial charge in [-0.3, -0.25) is 0 Å². The minimum absolute atomic E-state index is 0.00906. The number of halogens is 1. The summed E-state index contributed by atoms with van der Waals surface area (Å²) in [6.45, 7) is 6.28. The smallest absolute Gasteiger partial charge is 0.147 e. The Balaban J connectivity index is 2.74. The first kappa shape index (κ1) is 10.2. The van der Waals surface area contributed by atoms with Crippen LogP contribution in [0.25, 0.3) is 10.9 Å². The average Bonchev–Trinajstić information content (AvgIpc) is 2.46. The summed E-state index contributed by atoms with van der Waals surface area (Å²) >= 11 is 0. The fourth-order valence-corrected chi connectivity index (χ4v) is 1.82. The Hall–Kier alpha value is -1.31. The maximum atomic E-state index is 13.9. The van der Waals surface area contributed by atoms with Gasteiger partial charge in [-0.25, -0.2) is 4.39 Å². The molecule has 0 N–H and O–H groups in total. The molecule has 1 aromatic heterocycles. The lowest BCUT2D eigenvalue weighted by Gasteiger charge is -2.19. The largest absolute Gasteiger partial charge is 0.348 e. The van der Waals surface area contributed by atoms with E-state index in [1.54, 1.807) is 6.07 Å². The van der Waals surface area contributed by atoms with Gasteiger partial charge in [-0.15, -0.1) is 0 Å². The minimum atomic E-state index is -0.134. The number of rotatable bonds is 0. The highest BCUT2D eigenvalue weighted by Gasteiger charge is 2.17. The summed E-state index contributed by atoms with van der Waals surface area (Å²) in [4.78, 5) is 0. The molecule has 2 heteroatoms. The van der Waals surface area contributed by atoms with Crippen LogP contribution in [-0.4, -0.2) is 4.57 Å². The number of fused-ring (bicyclic) bond motifs is 1. The molecule has 0 saturated heterocycles. The molecule has 0 amide bonds. The molecule has 80 valence electrons. The average molecular weight is 205 g/mol. The molecule has 0 spiro atoms. The first-order valence-electron chi connectivity index (χ1n) is 5.14. The molecule has 1 nitrogen and oxygen atoms in total. The Morgan fingerprint density at radius 3 is 2.47 bits per heavy atom. The van der Waals surface area contributed by atoms with E-state index in [0.717, 1.165) is 10.9 Å². The monoisotopic (exact) mass is 205 g/mol. The third-order valence-electron chi connectivity index (χ3n) is 2.79. The molecular weight excluding hydrogens is 189 g/mol. The van der Waals surface area contributed by atoms with E-state index in [1.165, 1.54) is 0 Å². The molecule has 15 heavy (non-hydrogen) atoms. The van der Waals surface area contributed by atoms with Crippen LogP contribution in [0.3, 0.4) is 0 Å². The Bertz CT molecular complexity index is 503. The molecule has 0 aliphatic rings. The fourth-order valence-electron chi connectivity index (χ4n) is 1.82. The zero-order valence-corrected chi connectivity index (χ0v) is 9.63. The highest BCUT2D eigenvalue weighted by Crippen LogP contribution is 2.28. The van der Waals surface area contributed by atoms with Gasteiger partial charge < -0.3 is 4.57 Å².